The Bertz CT molecular complexity index is 4310. The molecule has 0 aliphatic carbocycles. The number of ketones is 8. The fraction of sp³-hybridized carbons (Fsp3) is 0.504. The predicted molar refractivity (Wildman–Crippen MR) is 543 cm³/mol. The van der Waals surface area contributed by atoms with Crippen LogP contribution in [0.15, 0.2) is 254 Å². The van der Waals surface area contributed by atoms with Crippen molar-refractivity contribution >= 4 is 46.3 Å². The number of pyridine rings is 1. The second-order valence-electron chi connectivity index (χ2n) is 43.8. The van der Waals surface area contributed by atoms with E-state index in [4.69, 9.17) is 9.15 Å². The van der Waals surface area contributed by atoms with Gasteiger partial charge in [0.1, 0.15) is 47.4 Å². The molecule has 9 rings (SSSR count). The van der Waals surface area contributed by atoms with Gasteiger partial charge in [-0.1, -0.05) is 453 Å². The molecule has 2 heterocycles. The summed E-state index contributed by atoms with van der Waals surface area (Å²) in [7, 11) is 0. The molecule has 0 spiro atoms. The number of carbonyl (C=O) groups excluding carboxylic acids is 8. The Hall–Kier alpha value is -9.78. The highest BCUT2D eigenvalue weighted by Gasteiger charge is 2.29. The molecule has 0 aliphatic rings. The second-order valence-corrected chi connectivity index (χ2v) is 43.8. The summed E-state index contributed by atoms with van der Waals surface area (Å²) in [4.78, 5) is 100. The van der Waals surface area contributed by atoms with E-state index in [2.05, 4.69) is 162 Å². The molecule has 12 heteroatoms. The molecular weight excluding hydrogens is 1590 g/mol. The van der Waals surface area contributed by atoms with Crippen LogP contribution in [-0.4, -0.2) is 62.8 Å². The number of oxazole rings is 1. The highest BCUT2D eigenvalue weighted by atomic mass is 16.5. The molecule has 0 aliphatic heterocycles. The standard InChI is InChI=1S/C19H22O.C14H20O.C13H18O2.C13H20.C11H14O.C11H16.C10H13NO.2C9H18O.C8H11NO2/c1-19(2,3)18(20)14-17(15-10-6-4-7-11-15)16-12-8-5-9-13-16;1-14(2,3)13(15)11-7-10-12-8-5-4-6-9-12;1-13(2,3)12(14)10-15-9-11-7-5-4-6-8-11;1-13(2,3)11-7-10-12-8-5-4-6-9-12;1-11(2,3)10(12)9-7-5-4-6-8-9;1-11(2,3)9-10-7-5-4-6-8-10;1-10(2,3)9(12)8-6-4-5-7-11-8;2*1-5-6-7-8(10)9(2,3)4;1-8(2,3)7(10)6-4-11-5-9-6/h4-13,17H,14H2,1-3H3;4-6,8-9H,7,10-11H2,1-3H3;4-8H,9-10H2,1-3H3;4-6,8-9H,7,10-11H2,1-3H3;4-8H,1-3H3;4-8H,9H2,1-3H3;4-7H,1-3H3;2*5-7H2,1-4H3;4-5H,1-3H3. The third kappa shape index (κ3) is 58.5. The van der Waals surface area contributed by atoms with Gasteiger partial charge in [-0.2, -0.15) is 0 Å². The number of ether oxygens (including phenoxy) is 1. The Labute approximate surface area is 783 Å². The van der Waals surface area contributed by atoms with Crippen LogP contribution < -0.4 is 0 Å². The Balaban J connectivity index is 0.00000142. The molecule has 0 bridgehead atoms. The number of hydrogen-bond acceptors (Lipinski definition) is 12. The van der Waals surface area contributed by atoms with Gasteiger partial charge in [0.15, 0.2) is 29.5 Å². The summed E-state index contributed by atoms with van der Waals surface area (Å²) in [5.41, 5.74) is 8.31. The van der Waals surface area contributed by atoms with Gasteiger partial charge in [-0.25, -0.2) is 4.98 Å². The van der Waals surface area contributed by atoms with Crippen LogP contribution in [0.2, 0.25) is 0 Å². The molecule has 0 atom stereocenters. The van der Waals surface area contributed by atoms with E-state index >= 15 is 0 Å². The molecule has 12 nitrogen and oxygen atoms in total. The van der Waals surface area contributed by atoms with Crippen molar-refractivity contribution in [3.05, 3.63) is 300 Å². The second kappa shape index (κ2) is 59.5. The molecule has 0 saturated carbocycles. The summed E-state index contributed by atoms with van der Waals surface area (Å²) in [5.74, 6) is 2.00. The van der Waals surface area contributed by atoms with Gasteiger partial charge >= 0.3 is 0 Å². The molecule has 0 unspecified atom stereocenters. The van der Waals surface area contributed by atoms with Gasteiger partial charge in [0.25, 0.3) is 0 Å². The molecule has 0 saturated heterocycles. The van der Waals surface area contributed by atoms with Gasteiger partial charge < -0.3 is 9.15 Å². The number of aromatic nitrogens is 2. The van der Waals surface area contributed by atoms with Crippen LogP contribution in [0.25, 0.3) is 0 Å². The zero-order valence-electron chi connectivity index (χ0n) is 86.0. The SMILES string of the molecule is CC(C)(C)C(=O)CC(c1ccccc1)c1ccccc1.CC(C)(C)C(=O)CCCc1ccccc1.CC(C)(C)C(=O)COCc1ccccc1.CC(C)(C)C(=O)c1ccccc1.CC(C)(C)C(=O)c1ccccn1.CC(C)(C)C(=O)c1cocn1.CC(C)(C)CCCc1ccccc1.CC(C)(C)Cc1ccccc1.CCCCC(=O)C(C)(C)C.CCCCC(=O)C(C)(C)C. The quantitative estimate of drug-likeness (QED) is 0.0494. The first-order valence-electron chi connectivity index (χ1n) is 46.6. The number of carbonyl (C=O) groups is 8. The van der Waals surface area contributed by atoms with Crippen LogP contribution in [0.4, 0.5) is 0 Å². The maximum absolute atomic E-state index is 12.4. The van der Waals surface area contributed by atoms with E-state index in [9.17, 15) is 38.4 Å². The summed E-state index contributed by atoms with van der Waals surface area (Å²) in [6.07, 6.45) is 18.3. The Morgan fingerprint density at radius 1 is 0.310 bits per heavy atom. The molecule has 7 aromatic carbocycles. The van der Waals surface area contributed by atoms with Crippen molar-refractivity contribution in [1.29, 1.82) is 0 Å². The first-order valence-corrected chi connectivity index (χ1v) is 46.6. The molecule has 2 aromatic heterocycles. The van der Waals surface area contributed by atoms with E-state index in [0.29, 0.717) is 64.8 Å². The van der Waals surface area contributed by atoms with E-state index in [0.717, 1.165) is 68.9 Å². The molecule has 0 amide bonds. The molecule has 0 radical (unpaired) electrons. The summed E-state index contributed by atoms with van der Waals surface area (Å²) in [5, 5.41) is 0. The Morgan fingerprint density at radius 3 is 0.953 bits per heavy atom. The number of benzene rings is 7. The maximum atomic E-state index is 12.4. The third-order valence-corrected chi connectivity index (χ3v) is 20.0. The van der Waals surface area contributed by atoms with E-state index < -0.39 is 0 Å². The van der Waals surface area contributed by atoms with Crippen molar-refractivity contribution < 1.29 is 47.5 Å². The number of rotatable bonds is 25. The van der Waals surface area contributed by atoms with E-state index in [1.165, 1.54) is 59.7 Å². The molecular formula is C117H170N2O10. The van der Waals surface area contributed by atoms with Crippen molar-refractivity contribution in [3.63, 3.8) is 0 Å². The minimum Gasteiger partial charge on any atom is -0.451 e. The number of unbranched alkanes of at least 4 members (excludes halogenated alkanes) is 2. The number of aryl methyl sites for hydroxylation is 2. The average molecular weight is 1760 g/mol. The van der Waals surface area contributed by atoms with Gasteiger partial charge in [0, 0.05) is 86.7 Å². The van der Waals surface area contributed by atoms with Gasteiger partial charge in [-0.05, 0) is 108 Å². The van der Waals surface area contributed by atoms with Crippen LogP contribution in [0, 0.1) is 54.1 Å². The van der Waals surface area contributed by atoms with Gasteiger partial charge in [-0.15, -0.1) is 0 Å². The molecule has 708 valence electrons. The monoisotopic (exact) mass is 1760 g/mol. The lowest BCUT2D eigenvalue weighted by Gasteiger charge is -2.23. The van der Waals surface area contributed by atoms with E-state index in [1.807, 2.05) is 287 Å². The number of hydrogen-bond donors (Lipinski definition) is 0. The van der Waals surface area contributed by atoms with Gasteiger partial charge in [-0.3, -0.25) is 43.3 Å². The minimum absolute atomic E-state index is 0.00579. The molecule has 0 N–H and O–H groups in total. The maximum Gasteiger partial charge on any atom is 0.189 e. The summed E-state index contributed by atoms with van der Waals surface area (Å²) >= 11 is 0. The molecule has 9 aromatic rings. The van der Waals surface area contributed by atoms with Crippen LogP contribution in [0.3, 0.4) is 0 Å². The van der Waals surface area contributed by atoms with Crippen LogP contribution in [0.5, 0.6) is 0 Å². The fourth-order valence-electron chi connectivity index (χ4n) is 11.5. The summed E-state index contributed by atoms with van der Waals surface area (Å²) in [6, 6.07) is 76.9. The van der Waals surface area contributed by atoms with Crippen molar-refractivity contribution in [3.8, 4) is 0 Å². The zero-order chi connectivity index (χ0) is 98.5. The van der Waals surface area contributed by atoms with Crippen molar-refractivity contribution in [2.24, 2.45) is 54.1 Å². The minimum atomic E-state index is -0.378. The topological polar surface area (TPSA) is 185 Å². The summed E-state index contributed by atoms with van der Waals surface area (Å²) in [6.45, 7) is 65.1. The Morgan fingerprint density at radius 2 is 0.636 bits per heavy atom. The smallest absolute Gasteiger partial charge is 0.189 e. The lowest BCUT2D eigenvalue weighted by Crippen LogP contribution is -2.24. The van der Waals surface area contributed by atoms with E-state index in [-0.39, 0.29) is 79.0 Å². The largest absolute Gasteiger partial charge is 0.451 e. The lowest BCUT2D eigenvalue weighted by atomic mass is 9.80. The van der Waals surface area contributed by atoms with Crippen molar-refractivity contribution in [2.75, 3.05) is 6.61 Å². The summed E-state index contributed by atoms with van der Waals surface area (Å²) < 4.78 is 10.1. The van der Waals surface area contributed by atoms with Gasteiger partial charge in [0.2, 0.25) is 0 Å². The van der Waals surface area contributed by atoms with E-state index in [1.54, 1.807) is 18.3 Å². The average Bonchev–Trinajstić information content (AvgIpc) is 1.26. The Kier molecular flexibility index (Phi) is 55.0. The molecule has 0 fully saturated rings. The first kappa shape index (κ1) is 119. The van der Waals surface area contributed by atoms with Gasteiger partial charge in [0.05, 0.1) is 6.61 Å². The first-order chi connectivity index (χ1) is 59.6. The van der Waals surface area contributed by atoms with Crippen LogP contribution in [-0.2, 0) is 54.6 Å². The molecule has 129 heavy (non-hydrogen) atoms. The van der Waals surface area contributed by atoms with Crippen molar-refractivity contribution in [2.45, 2.75) is 324 Å². The highest BCUT2D eigenvalue weighted by molar-refractivity contribution is 6.00. The number of nitrogens with zero attached hydrogens (tertiary/aromatic N) is 2. The predicted octanol–water partition coefficient (Wildman–Crippen LogP) is 31.3. The van der Waals surface area contributed by atoms with Crippen LogP contribution in [0.1, 0.15) is 363 Å². The van der Waals surface area contributed by atoms with Crippen LogP contribution >= 0.6 is 0 Å². The third-order valence-electron chi connectivity index (χ3n) is 20.0. The highest BCUT2D eigenvalue weighted by Crippen LogP contribution is 2.33. The normalized spacial score (nSPS) is 11.5. The van der Waals surface area contributed by atoms with Crippen molar-refractivity contribution in [1.82, 2.24) is 9.97 Å². The fourth-order valence-corrected chi connectivity index (χ4v) is 11.5. The number of Topliss-reactive ketones (excluding diaryl/α,β-unsaturated/α-hetero) is 8. The lowest BCUT2D eigenvalue weighted by molar-refractivity contribution is -0.131. The zero-order valence-corrected chi connectivity index (χ0v) is 86.0.